The standard InChI is InChI=1S/C21H20N6/c1-13(23)4-7-17(14(2)24)10-11-19-15(3)26-21(25)27-20(19)18-8-5-16(12-22)6-9-18/h4-9H,1,23-24H2,2-3H3,(H2,25,26,27)/b7-4-,17-14+. The molecular formula is C21H20N6. The molecule has 0 radical (unpaired) electrons. The number of nitrogens with two attached hydrogens (primary N) is 3. The van der Waals surface area contributed by atoms with E-state index in [1.54, 1.807) is 43.3 Å². The number of aryl methyl sites for hydroxylation is 1. The molecule has 6 nitrogen and oxygen atoms in total. The maximum atomic E-state index is 8.97. The van der Waals surface area contributed by atoms with Crippen LogP contribution in [0.5, 0.6) is 0 Å². The van der Waals surface area contributed by atoms with E-state index in [4.69, 9.17) is 22.5 Å². The Morgan fingerprint density at radius 3 is 2.37 bits per heavy atom. The van der Waals surface area contributed by atoms with E-state index in [2.05, 4.69) is 34.5 Å². The number of allylic oxidation sites excluding steroid dienone is 4. The molecule has 0 spiro atoms. The van der Waals surface area contributed by atoms with Crippen LogP contribution in [0.4, 0.5) is 5.95 Å². The van der Waals surface area contributed by atoms with Crippen molar-refractivity contribution in [3.63, 3.8) is 0 Å². The van der Waals surface area contributed by atoms with Gasteiger partial charge in [-0.2, -0.15) is 5.26 Å². The fourth-order valence-corrected chi connectivity index (χ4v) is 2.25. The van der Waals surface area contributed by atoms with E-state index in [9.17, 15) is 0 Å². The largest absolute Gasteiger partial charge is 0.401 e. The molecule has 0 aliphatic heterocycles. The first-order valence-corrected chi connectivity index (χ1v) is 8.07. The van der Waals surface area contributed by atoms with Crippen LogP contribution in [0, 0.1) is 30.1 Å². The van der Waals surface area contributed by atoms with Crippen molar-refractivity contribution < 1.29 is 0 Å². The van der Waals surface area contributed by atoms with Gasteiger partial charge in [-0.25, -0.2) is 9.97 Å². The van der Waals surface area contributed by atoms with Crippen molar-refractivity contribution in [3.8, 4) is 29.2 Å². The van der Waals surface area contributed by atoms with Crippen molar-refractivity contribution >= 4 is 5.95 Å². The van der Waals surface area contributed by atoms with Crippen molar-refractivity contribution in [3.05, 3.63) is 76.8 Å². The first kappa shape index (κ1) is 19.3. The number of benzene rings is 1. The third-order valence-corrected chi connectivity index (χ3v) is 3.61. The summed E-state index contributed by atoms with van der Waals surface area (Å²) in [5.41, 5.74) is 22.1. The van der Waals surface area contributed by atoms with Gasteiger partial charge < -0.3 is 17.2 Å². The number of anilines is 1. The summed E-state index contributed by atoms with van der Waals surface area (Å²) >= 11 is 0. The monoisotopic (exact) mass is 356 g/mol. The van der Waals surface area contributed by atoms with Crippen LogP contribution in [0.15, 0.2) is 60.0 Å². The Bertz CT molecular complexity index is 1040. The summed E-state index contributed by atoms with van der Waals surface area (Å²) in [5.74, 6) is 6.27. The molecule has 6 heteroatoms. The van der Waals surface area contributed by atoms with Crippen molar-refractivity contribution in [1.82, 2.24) is 9.97 Å². The minimum absolute atomic E-state index is 0.155. The second-order valence-electron chi connectivity index (χ2n) is 5.83. The molecule has 0 aliphatic carbocycles. The van der Waals surface area contributed by atoms with Crippen molar-refractivity contribution in [2.24, 2.45) is 11.5 Å². The van der Waals surface area contributed by atoms with Gasteiger partial charge >= 0.3 is 0 Å². The van der Waals surface area contributed by atoms with Gasteiger partial charge in [-0.3, -0.25) is 0 Å². The van der Waals surface area contributed by atoms with Crippen LogP contribution in [-0.4, -0.2) is 9.97 Å². The Morgan fingerprint density at radius 2 is 1.81 bits per heavy atom. The second-order valence-corrected chi connectivity index (χ2v) is 5.83. The van der Waals surface area contributed by atoms with Crippen LogP contribution in [0.1, 0.15) is 23.7 Å². The molecule has 1 aromatic carbocycles. The maximum Gasteiger partial charge on any atom is 0.220 e. The Labute approximate surface area is 158 Å². The van der Waals surface area contributed by atoms with Gasteiger partial charge in [-0.1, -0.05) is 30.6 Å². The molecule has 0 fully saturated rings. The van der Waals surface area contributed by atoms with Crippen molar-refractivity contribution in [1.29, 1.82) is 5.26 Å². The SMILES string of the molecule is C=C(N)/C=C\C(C#Cc1c(C)nc(N)nc1-c1ccc(C#N)cc1)=C(\C)N. The van der Waals surface area contributed by atoms with E-state index in [-0.39, 0.29) is 5.95 Å². The van der Waals surface area contributed by atoms with Crippen molar-refractivity contribution in [2.75, 3.05) is 5.73 Å². The first-order chi connectivity index (χ1) is 12.8. The first-order valence-electron chi connectivity index (χ1n) is 8.07. The van der Waals surface area contributed by atoms with Crippen LogP contribution >= 0.6 is 0 Å². The summed E-state index contributed by atoms with van der Waals surface area (Å²) in [6, 6.07) is 9.11. The van der Waals surface area contributed by atoms with E-state index in [0.717, 1.165) is 5.56 Å². The molecule has 0 aliphatic rings. The van der Waals surface area contributed by atoms with Gasteiger partial charge in [0.25, 0.3) is 0 Å². The lowest BCUT2D eigenvalue weighted by atomic mass is 10.0. The van der Waals surface area contributed by atoms with Gasteiger partial charge in [-0.05, 0) is 38.1 Å². The highest BCUT2D eigenvalue weighted by atomic mass is 15.0. The lowest BCUT2D eigenvalue weighted by molar-refractivity contribution is 1.11. The number of aromatic nitrogens is 2. The lowest BCUT2D eigenvalue weighted by Gasteiger charge is -2.08. The van der Waals surface area contributed by atoms with Crippen LogP contribution in [0.25, 0.3) is 11.3 Å². The van der Waals surface area contributed by atoms with E-state index in [1.165, 1.54) is 0 Å². The molecule has 2 aromatic rings. The molecule has 0 bridgehead atoms. The zero-order valence-electron chi connectivity index (χ0n) is 15.2. The Balaban J connectivity index is 2.59. The van der Waals surface area contributed by atoms with Gasteiger partial charge in [0.15, 0.2) is 0 Å². The molecule has 1 aromatic heterocycles. The summed E-state index contributed by atoms with van der Waals surface area (Å²) in [5, 5.41) is 8.97. The Morgan fingerprint density at radius 1 is 1.15 bits per heavy atom. The fourth-order valence-electron chi connectivity index (χ4n) is 2.25. The van der Waals surface area contributed by atoms with Gasteiger partial charge in [0.1, 0.15) is 0 Å². The minimum atomic E-state index is 0.155. The second kappa shape index (κ2) is 8.37. The third kappa shape index (κ3) is 4.97. The molecule has 0 atom stereocenters. The van der Waals surface area contributed by atoms with Crippen LogP contribution < -0.4 is 17.2 Å². The molecule has 0 amide bonds. The van der Waals surface area contributed by atoms with Gasteiger partial charge in [0.05, 0.1) is 28.6 Å². The third-order valence-electron chi connectivity index (χ3n) is 3.61. The lowest BCUT2D eigenvalue weighted by Crippen LogP contribution is -2.03. The fraction of sp³-hybridized carbons (Fsp3) is 0.0952. The van der Waals surface area contributed by atoms with E-state index < -0.39 is 0 Å². The molecule has 2 rings (SSSR count). The molecule has 6 N–H and O–H groups in total. The summed E-state index contributed by atoms with van der Waals surface area (Å²) in [6.45, 7) is 7.18. The molecule has 1 heterocycles. The average Bonchev–Trinajstić information content (AvgIpc) is 2.62. The Kier molecular flexibility index (Phi) is 5.98. The van der Waals surface area contributed by atoms with Crippen LogP contribution in [0.3, 0.4) is 0 Å². The van der Waals surface area contributed by atoms with Crippen molar-refractivity contribution in [2.45, 2.75) is 13.8 Å². The van der Waals surface area contributed by atoms with E-state index in [1.807, 2.05) is 6.92 Å². The van der Waals surface area contributed by atoms with E-state index in [0.29, 0.717) is 39.5 Å². The predicted molar refractivity (Wildman–Crippen MR) is 108 cm³/mol. The number of hydrogen-bond donors (Lipinski definition) is 3. The number of rotatable bonds is 3. The molecule has 0 saturated carbocycles. The normalized spacial score (nSPS) is 11.3. The smallest absolute Gasteiger partial charge is 0.220 e. The average molecular weight is 356 g/mol. The predicted octanol–water partition coefficient (Wildman–Crippen LogP) is 2.52. The van der Waals surface area contributed by atoms with Gasteiger partial charge in [0, 0.05) is 22.5 Å². The topological polar surface area (TPSA) is 128 Å². The number of hydrogen-bond acceptors (Lipinski definition) is 6. The minimum Gasteiger partial charge on any atom is -0.401 e. The van der Waals surface area contributed by atoms with Gasteiger partial charge in [0.2, 0.25) is 5.95 Å². The number of nitrogen functional groups attached to an aromatic ring is 1. The molecular weight excluding hydrogens is 336 g/mol. The highest BCUT2D eigenvalue weighted by molar-refractivity contribution is 5.70. The summed E-state index contributed by atoms with van der Waals surface area (Å²) in [4.78, 5) is 8.54. The summed E-state index contributed by atoms with van der Waals surface area (Å²) in [7, 11) is 0. The van der Waals surface area contributed by atoms with Gasteiger partial charge in [-0.15, -0.1) is 0 Å². The molecule has 0 unspecified atom stereocenters. The molecule has 134 valence electrons. The Hall–Kier alpha value is -4.03. The maximum absolute atomic E-state index is 8.97. The van der Waals surface area contributed by atoms with Crippen LogP contribution in [-0.2, 0) is 0 Å². The van der Waals surface area contributed by atoms with Crippen LogP contribution in [0.2, 0.25) is 0 Å². The zero-order chi connectivity index (χ0) is 20.0. The summed E-state index contributed by atoms with van der Waals surface area (Å²) < 4.78 is 0. The molecule has 27 heavy (non-hydrogen) atoms. The zero-order valence-corrected chi connectivity index (χ0v) is 15.2. The highest BCUT2D eigenvalue weighted by Gasteiger charge is 2.11. The highest BCUT2D eigenvalue weighted by Crippen LogP contribution is 2.24. The number of nitrogens with zero attached hydrogens (tertiary/aromatic N) is 3. The van der Waals surface area contributed by atoms with E-state index >= 15 is 0 Å². The quantitative estimate of drug-likeness (QED) is 0.573. The number of nitriles is 1. The summed E-state index contributed by atoms with van der Waals surface area (Å²) in [6.07, 6.45) is 3.34. The molecule has 0 saturated heterocycles.